The van der Waals surface area contributed by atoms with Crippen LogP contribution >= 0.6 is 15.9 Å². The first-order chi connectivity index (χ1) is 8.97. The Balaban J connectivity index is 2.02. The minimum atomic E-state index is -0.333. The van der Waals surface area contributed by atoms with E-state index in [4.69, 9.17) is 0 Å². The highest BCUT2D eigenvalue weighted by atomic mass is 79.9. The molecule has 1 atom stereocenters. The van der Waals surface area contributed by atoms with Crippen LogP contribution in [-0.4, -0.2) is 37.4 Å². The van der Waals surface area contributed by atoms with Crippen molar-refractivity contribution in [3.8, 4) is 0 Å². The predicted octanol–water partition coefficient (Wildman–Crippen LogP) is 1.60. The lowest BCUT2D eigenvalue weighted by atomic mass is 10.3. The van der Waals surface area contributed by atoms with Crippen molar-refractivity contribution < 1.29 is 4.79 Å². The van der Waals surface area contributed by atoms with Gasteiger partial charge in [0.2, 0.25) is 5.91 Å². The van der Waals surface area contributed by atoms with E-state index in [2.05, 4.69) is 26.1 Å². The Morgan fingerprint density at radius 1 is 1.58 bits per heavy atom. The van der Waals surface area contributed by atoms with Crippen molar-refractivity contribution in [2.24, 2.45) is 7.05 Å². The first-order valence-electron chi connectivity index (χ1n) is 5.90. The smallest absolute Gasteiger partial charge is 0.247 e. The minimum Gasteiger partial charge on any atom is -0.338 e. The van der Waals surface area contributed by atoms with Crippen LogP contribution in [-0.2, 0) is 18.4 Å². The molecule has 102 valence electrons. The van der Waals surface area contributed by atoms with Crippen LogP contribution in [0, 0.1) is 0 Å². The monoisotopic (exact) mass is 325 g/mol. The average molecular weight is 326 g/mol. The lowest BCUT2D eigenvalue weighted by molar-refractivity contribution is -0.133. The Kier molecular flexibility index (Phi) is 4.04. The summed E-state index contributed by atoms with van der Waals surface area (Å²) < 4.78 is 4.22. The van der Waals surface area contributed by atoms with Gasteiger partial charge in [-0.3, -0.25) is 14.2 Å². The van der Waals surface area contributed by atoms with Gasteiger partial charge in [-0.05, 0) is 28.9 Å². The van der Waals surface area contributed by atoms with E-state index in [-0.39, 0.29) is 11.9 Å². The van der Waals surface area contributed by atoms with Crippen molar-refractivity contribution in [2.45, 2.75) is 19.5 Å². The van der Waals surface area contributed by atoms with E-state index in [0.717, 1.165) is 10.2 Å². The summed E-state index contributed by atoms with van der Waals surface area (Å²) in [6.45, 7) is 2.32. The lowest BCUT2D eigenvalue weighted by Crippen LogP contribution is -2.33. The molecule has 1 amide bonds. The predicted molar refractivity (Wildman–Crippen MR) is 74.3 cm³/mol. The fourth-order valence-electron chi connectivity index (χ4n) is 1.83. The molecule has 0 aliphatic heterocycles. The lowest BCUT2D eigenvalue weighted by Gasteiger charge is -2.20. The molecular formula is C12H16BrN5O. The molecule has 2 aromatic heterocycles. The van der Waals surface area contributed by atoms with Crippen LogP contribution in [0.15, 0.2) is 29.1 Å². The van der Waals surface area contributed by atoms with Gasteiger partial charge in [0, 0.05) is 26.5 Å². The summed E-state index contributed by atoms with van der Waals surface area (Å²) in [7, 11) is 3.63. The van der Waals surface area contributed by atoms with Crippen molar-refractivity contribution >= 4 is 21.8 Å². The van der Waals surface area contributed by atoms with Gasteiger partial charge in [-0.25, -0.2) is 0 Å². The van der Waals surface area contributed by atoms with Gasteiger partial charge in [-0.15, -0.1) is 0 Å². The molecule has 0 radical (unpaired) electrons. The van der Waals surface area contributed by atoms with Crippen molar-refractivity contribution in [1.29, 1.82) is 0 Å². The van der Waals surface area contributed by atoms with E-state index < -0.39 is 0 Å². The zero-order valence-corrected chi connectivity index (χ0v) is 12.7. The molecule has 0 spiro atoms. The van der Waals surface area contributed by atoms with Crippen LogP contribution in [0.25, 0.3) is 0 Å². The summed E-state index contributed by atoms with van der Waals surface area (Å²) in [5.74, 6) is 0.00116. The maximum absolute atomic E-state index is 12.3. The van der Waals surface area contributed by atoms with E-state index in [1.54, 1.807) is 33.7 Å². The zero-order chi connectivity index (χ0) is 14.0. The number of nitrogens with zero attached hydrogens (tertiary/aromatic N) is 5. The molecule has 1 unspecified atom stereocenters. The molecule has 0 saturated heterocycles. The zero-order valence-electron chi connectivity index (χ0n) is 11.1. The van der Waals surface area contributed by atoms with Gasteiger partial charge in [-0.1, -0.05) is 0 Å². The van der Waals surface area contributed by atoms with E-state index in [1.165, 1.54) is 0 Å². The number of carbonyl (C=O) groups is 1. The number of hydrogen-bond acceptors (Lipinski definition) is 3. The summed E-state index contributed by atoms with van der Waals surface area (Å²) >= 11 is 3.32. The molecule has 0 aliphatic carbocycles. The Labute approximate surface area is 120 Å². The third-order valence-electron chi connectivity index (χ3n) is 2.87. The highest BCUT2D eigenvalue weighted by molar-refractivity contribution is 9.10. The van der Waals surface area contributed by atoms with E-state index >= 15 is 0 Å². The first kappa shape index (κ1) is 13.8. The molecule has 2 heterocycles. The van der Waals surface area contributed by atoms with Crippen molar-refractivity contribution in [1.82, 2.24) is 24.5 Å². The summed E-state index contributed by atoms with van der Waals surface area (Å²) in [6.07, 6.45) is 5.32. The number of halogens is 1. The molecule has 0 aliphatic rings. The largest absolute Gasteiger partial charge is 0.338 e. The number of aromatic nitrogens is 4. The molecule has 0 N–H and O–H groups in total. The van der Waals surface area contributed by atoms with Gasteiger partial charge in [0.15, 0.2) is 0 Å². The van der Waals surface area contributed by atoms with Gasteiger partial charge in [0.05, 0.1) is 22.9 Å². The molecular weight excluding hydrogens is 310 g/mol. The van der Waals surface area contributed by atoms with Gasteiger partial charge >= 0.3 is 0 Å². The summed E-state index contributed by atoms with van der Waals surface area (Å²) in [5.41, 5.74) is 0.868. The fourth-order valence-corrected chi connectivity index (χ4v) is 2.13. The molecule has 0 aromatic carbocycles. The Morgan fingerprint density at radius 2 is 2.32 bits per heavy atom. The molecule has 2 aromatic rings. The number of rotatable bonds is 4. The Bertz CT molecular complexity index is 576. The third kappa shape index (κ3) is 3.23. The van der Waals surface area contributed by atoms with Crippen LogP contribution in [0.5, 0.6) is 0 Å². The normalized spacial score (nSPS) is 12.4. The van der Waals surface area contributed by atoms with Gasteiger partial charge in [0.1, 0.15) is 6.04 Å². The number of amides is 1. The standard InChI is InChI=1S/C12H16BrN5O/c1-9(18-7-10(13)6-14-18)12(19)16(2)8-11-4-5-17(3)15-11/h4-7,9H,8H2,1-3H3. The second kappa shape index (κ2) is 5.56. The van der Waals surface area contributed by atoms with Crippen molar-refractivity contribution in [3.05, 3.63) is 34.8 Å². The molecule has 0 fully saturated rings. The number of carbonyl (C=O) groups excluding carboxylic acids is 1. The van der Waals surface area contributed by atoms with E-state index in [0.29, 0.717) is 6.54 Å². The molecule has 6 nitrogen and oxygen atoms in total. The number of hydrogen-bond donors (Lipinski definition) is 0. The molecule has 7 heteroatoms. The van der Waals surface area contributed by atoms with Crippen LogP contribution in [0.3, 0.4) is 0 Å². The van der Waals surface area contributed by atoms with E-state index in [9.17, 15) is 4.79 Å². The second-order valence-electron chi connectivity index (χ2n) is 4.49. The van der Waals surface area contributed by atoms with Crippen LogP contribution in [0.2, 0.25) is 0 Å². The number of aryl methyl sites for hydroxylation is 1. The SMILES string of the molecule is CC(C(=O)N(C)Cc1ccn(C)n1)n1cc(Br)cn1. The summed E-state index contributed by atoms with van der Waals surface area (Å²) in [4.78, 5) is 13.9. The minimum absolute atomic E-state index is 0.00116. The van der Waals surface area contributed by atoms with Crippen LogP contribution in [0.4, 0.5) is 0 Å². The van der Waals surface area contributed by atoms with Crippen molar-refractivity contribution in [2.75, 3.05) is 7.05 Å². The summed E-state index contributed by atoms with van der Waals surface area (Å²) in [6, 6.07) is 1.57. The van der Waals surface area contributed by atoms with Crippen molar-refractivity contribution in [3.63, 3.8) is 0 Å². The first-order valence-corrected chi connectivity index (χ1v) is 6.70. The second-order valence-corrected chi connectivity index (χ2v) is 5.41. The third-order valence-corrected chi connectivity index (χ3v) is 3.28. The topological polar surface area (TPSA) is 56.0 Å². The molecule has 2 rings (SSSR count). The van der Waals surface area contributed by atoms with Gasteiger partial charge in [-0.2, -0.15) is 10.2 Å². The average Bonchev–Trinajstić information content (AvgIpc) is 2.96. The van der Waals surface area contributed by atoms with Gasteiger partial charge < -0.3 is 4.90 Å². The molecule has 0 bridgehead atoms. The van der Waals surface area contributed by atoms with Crippen LogP contribution < -0.4 is 0 Å². The Hall–Kier alpha value is -1.63. The van der Waals surface area contributed by atoms with E-state index in [1.807, 2.05) is 26.2 Å². The highest BCUT2D eigenvalue weighted by Gasteiger charge is 2.20. The number of likely N-dealkylation sites (N-methyl/N-ethyl adjacent to an activating group) is 1. The quantitative estimate of drug-likeness (QED) is 0.857. The molecule has 19 heavy (non-hydrogen) atoms. The maximum atomic E-state index is 12.3. The highest BCUT2D eigenvalue weighted by Crippen LogP contribution is 2.14. The maximum Gasteiger partial charge on any atom is 0.247 e. The molecule has 0 saturated carbocycles. The fraction of sp³-hybridized carbons (Fsp3) is 0.417. The summed E-state index contributed by atoms with van der Waals surface area (Å²) in [5, 5.41) is 8.39. The van der Waals surface area contributed by atoms with Gasteiger partial charge in [0.25, 0.3) is 0 Å². The Morgan fingerprint density at radius 3 is 2.84 bits per heavy atom. The van der Waals surface area contributed by atoms with Crippen LogP contribution in [0.1, 0.15) is 18.7 Å².